The highest BCUT2D eigenvalue weighted by Gasteiger charge is 2.51. The maximum Gasteiger partial charge on any atom is 0.297 e. The van der Waals surface area contributed by atoms with Gasteiger partial charge in [0, 0.05) is 33.8 Å². The van der Waals surface area contributed by atoms with Crippen LogP contribution in [0.5, 0.6) is 0 Å². The van der Waals surface area contributed by atoms with Gasteiger partial charge in [0.25, 0.3) is 6.71 Å². The molecular weight excluding hydrogens is 872 g/mol. The van der Waals surface area contributed by atoms with Gasteiger partial charge in [-0.2, -0.15) is 0 Å². The zero-order valence-corrected chi connectivity index (χ0v) is 48.6. The second-order valence-electron chi connectivity index (χ2n) is 30.7. The van der Waals surface area contributed by atoms with E-state index in [1.807, 2.05) is 0 Å². The smallest absolute Gasteiger partial charge is 0.297 e. The second-order valence-corrected chi connectivity index (χ2v) is 30.7. The molecule has 3 nitrogen and oxygen atoms in total. The standard InChI is InChI=1S/C68H87BN2O/c1-60(2,3)40-30-41(61(4,5)6)32-44(31-40)70-53-38-50-49(66(16,17)27-28-67(50,18)19)37-52(53)69-57-54(70)33-42(62(7,8)9)34-55(57)71(43-22-23-46-47(35-43)64(12,13)25-24-63(46,10)11)58-45-36-48-51(39-56(45)72-59(58)69)68(20,21)29-26-65(48,14)15/h22-23,30-39H,24-29H2,1-21H3. The van der Waals surface area contributed by atoms with Crippen molar-refractivity contribution >= 4 is 68.4 Å². The molecule has 4 heteroatoms. The minimum absolute atomic E-state index is 0.0206. The molecule has 6 aromatic rings. The van der Waals surface area contributed by atoms with Gasteiger partial charge >= 0.3 is 0 Å². The quantitative estimate of drug-likeness (QED) is 0.161. The van der Waals surface area contributed by atoms with Gasteiger partial charge in [0.05, 0.1) is 11.3 Å². The number of benzene rings is 5. The fourth-order valence-corrected chi connectivity index (χ4v) is 13.9. The first kappa shape index (κ1) is 49.5. The molecule has 72 heavy (non-hydrogen) atoms. The third kappa shape index (κ3) is 7.38. The van der Waals surface area contributed by atoms with E-state index < -0.39 is 0 Å². The molecule has 0 radical (unpaired) electrons. The second kappa shape index (κ2) is 15.0. The highest BCUT2D eigenvalue weighted by Crippen LogP contribution is 2.56. The van der Waals surface area contributed by atoms with Gasteiger partial charge in [-0.3, -0.25) is 0 Å². The van der Waals surface area contributed by atoms with Crippen molar-refractivity contribution in [3.8, 4) is 0 Å². The Balaban J connectivity index is 1.33. The first-order chi connectivity index (χ1) is 33.0. The molecule has 5 aliphatic rings. The molecule has 2 aliphatic heterocycles. The number of fused-ring (bicyclic) bond motifs is 9. The molecule has 0 amide bonds. The summed E-state index contributed by atoms with van der Waals surface area (Å²) in [6.07, 6.45) is 6.99. The summed E-state index contributed by atoms with van der Waals surface area (Å²) in [5, 5.41) is 1.23. The highest BCUT2D eigenvalue weighted by atomic mass is 16.3. The van der Waals surface area contributed by atoms with E-state index in [4.69, 9.17) is 4.42 Å². The van der Waals surface area contributed by atoms with Crippen LogP contribution in [0.25, 0.3) is 11.0 Å². The van der Waals surface area contributed by atoms with Crippen LogP contribution in [-0.2, 0) is 48.7 Å². The predicted octanol–water partition coefficient (Wildman–Crippen LogP) is 17.5. The Labute approximate surface area is 436 Å². The maximum absolute atomic E-state index is 7.81. The minimum atomic E-state index is -0.139. The largest absolute Gasteiger partial charge is 0.468 e. The first-order valence-corrected chi connectivity index (χ1v) is 27.9. The minimum Gasteiger partial charge on any atom is -0.468 e. The highest BCUT2D eigenvalue weighted by molar-refractivity contribution is 7.00. The molecule has 0 N–H and O–H groups in total. The molecule has 0 saturated carbocycles. The lowest BCUT2D eigenvalue weighted by Gasteiger charge is -2.47. The number of anilines is 6. The third-order valence-corrected chi connectivity index (χ3v) is 19.5. The Hall–Kier alpha value is -4.70. The monoisotopic (exact) mass is 959 g/mol. The molecular formula is C68H87BN2O. The van der Waals surface area contributed by atoms with E-state index in [0.29, 0.717) is 0 Å². The summed E-state index contributed by atoms with van der Waals surface area (Å²) in [6.45, 7) is 51.0. The Morgan fingerprint density at radius 2 is 0.819 bits per heavy atom. The van der Waals surface area contributed by atoms with Crippen molar-refractivity contribution in [3.63, 3.8) is 0 Å². The summed E-state index contributed by atoms with van der Waals surface area (Å²) in [5.74, 6) is 0. The summed E-state index contributed by atoms with van der Waals surface area (Å²) < 4.78 is 7.81. The predicted molar refractivity (Wildman–Crippen MR) is 312 cm³/mol. The normalized spacial score (nSPS) is 20.8. The number of furan rings is 1. The molecule has 5 aromatic carbocycles. The van der Waals surface area contributed by atoms with Gasteiger partial charge < -0.3 is 14.2 Å². The van der Waals surface area contributed by atoms with E-state index in [-0.39, 0.29) is 55.4 Å². The zero-order chi connectivity index (χ0) is 52.2. The molecule has 378 valence electrons. The number of hydrogen-bond donors (Lipinski definition) is 0. The summed E-state index contributed by atoms with van der Waals surface area (Å²) in [4.78, 5) is 5.41. The molecule has 3 aliphatic carbocycles. The lowest BCUT2D eigenvalue weighted by Crippen LogP contribution is -2.61. The average molecular weight is 959 g/mol. The van der Waals surface area contributed by atoms with Crippen LogP contribution >= 0.6 is 0 Å². The van der Waals surface area contributed by atoms with Crippen molar-refractivity contribution < 1.29 is 4.42 Å². The van der Waals surface area contributed by atoms with E-state index in [1.165, 1.54) is 107 Å². The molecule has 3 heterocycles. The van der Waals surface area contributed by atoms with Gasteiger partial charge in [0.1, 0.15) is 5.58 Å². The van der Waals surface area contributed by atoms with Crippen LogP contribution in [0.15, 0.2) is 77.2 Å². The number of hydrogen-bond acceptors (Lipinski definition) is 3. The van der Waals surface area contributed by atoms with Crippen molar-refractivity contribution in [1.29, 1.82) is 0 Å². The summed E-state index contributed by atoms with van der Waals surface area (Å²) >= 11 is 0. The molecule has 0 unspecified atom stereocenters. The van der Waals surface area contributed by atoms with Crippen LogP contribution in [0.2, 0.25) is 0 Å². The van der Waals surface area contributed by atoms with Gasteiger partial charge in [-0.25, -0.2) is 0 Å². The van der Waals surface area contributed by atoms with E-state index in [9.17, 15) is 0 Å². The fourth-order valence-electron chi connectivity index (χ4n) is 13.9. The number of nitrogens with zero attached hydrogens (tertiary/aromatic N) is 2. The first-order valence-electron chi connectivity index (χ1n) is 27.9. The Kier molecular flexibility index (Phi) is 10.3. The van der Waals surface area contributed by atoms with Crippen molar-refractivity contribution in [2.75, 3.05) is 9.80 Å². The van der Waals surface area contributed by atoms with Crippen molar-refractivity contribution in [1.82, 2.24) is 0 Å². The summed E-state index contributed by atoms with van der Waals surface area (Å²) in [5.41, 5.74) is 25.3. The van der Waals surface area contributed by atoms with Gasteiger partial charge in [-0.15, -0.1) is 0 Å². The third-order valence-electron chi connectivity index (χ3n) is 19.5. The molecule has 0 fully saturated rings. The van der Waals surface area contributed by atoms with Crippen LogP contribution in [0.3, 0.4) is 0 Å². The zero-order valence-electron chi connectivity index (χ0n) is 48.6. The Morgan fingerprint density at radius 3 is 1.32 bits per heavy atom. The average Bonchev–Trinajstić information content (AvgIpc) is 3.64. The van der Waals surface area contributed by atoms with Crippen LogP contribution in [0.1, 0.15) is 234 Å². The lowest BCUT2D eigenvalue weighted by atomic mass is 9.35. The molecule has 0 atom stereocenters. The van der Waals surface area contributed by atoms with Crippen LogP contribution in [-0.4, -0.2) is 6.71 Å². The molecule has 1 aromatic heterocycles. The van der Waals surface area contributed by atoms with Crippen LogP contribution in [0.4, 0.5) is 34.1 Å². The topological polar surface area (TPSA) is 19.6 Å². The molecule has 0 bridgehead atoms. The summed E-state index contributed by atoms with van der Waals surface area (Å²) in [6, 6.07) is 30.7. The number of rotatable bonds is 2. The maximum atomic E-state index is 7.81. The van der Waals surface area contributed by atoms with Gasteiger partial charge in [0.2, 0.25) is 0 Å². The van der Waals surface area contributed by atoms with E-state index in [2.05, 4.69) is 228 Å². The van der Waals surface area contributed by atoms with Gasteiger partial charge in [-0.05, 0) is 203 Å². The fraction of sp³-hybridized carbons (Fsp3) is 0.529. The van der Waals surface area contributed by atoms with E-state index in [0.717, 1.165) is 43.3 Å². The summed E-state index contributed by atoms with van der Waals surface area (Å²) in [7, 11) is 0. The SMILES string of the molecule is CC(C)(C)c1cc(N2c3cc4c(cc3B3c5oc6cc7c(cc6c5N(c5ccc6c(c5)C(C)(C)CCC6(C)C)c5cc(C(C)(C)C)cc2c53)C(C)(C)CCC7(C)C)C(C)(C)CCC4(C)C)cc(C(C)(C)C)c1. The molecule has 11 rings (SSSR count). The van der Waals surface area contributed by atoms with E-state index in [1.54, 1.807) is 0 Å². The molecule has 0 saturated heterocycles. The van der Waals surface area contributed by atoms with Crippen molar-refractivity contribution in [3.05, 3.63) is 123 Å². The van der Waals surface area contributed by atoms with E-state index >= 15 is 0 Å². The van der Waals surface area contributed by atoms with Gasteiger partial charge in [0.15, 0.2) is 0 Å². The van der Waals surface area contributed by atoms with Crippen LogP contribution < -0.4 is 26.4 Å². The van der Waals surface area contributed by atoms with Crippen LogP contribution in [0, 0.1) is 0 Å². The van der Waals surface area contributed by atoms with Crippen molar-refractivity contribution in [2.24, 2.45) is 0 Å². The lowest BCUT2D eigenvalue weighted by molar-refractivity contribution is 0.332. The van der Waals surface area contributed by atoms with Gasteiger partial charge in [-0.1, -0.05) is 164 Å². The molecule has 0 spiro atoms. The van der Waals surface area contributed by atoms with Crippen molar-refractivity contribution in [2.45, 2.75) is 233 Å². The Bertz CT molecular complexity index is 3240. The Morgan fingerprint density at radius 1 is 0.403 bits per heavy atom.